The third kappa shape index (κ3) is 5.50. The molecule has 0 atom stereocenters. The maximum absolute atomic E-state index is 13.5. The van der Waals surface area contributed by atoms with Crippen LogP contribution in [-0.4, -0.2) is 48.9 Å². The second kappa shape index (κ2) is 9.96. The Bertz CT molecular complexity index is 1390. The molecule has 13 heteroatoms. The molecule has 1 amide bonds. The molecule has 1 saturated heterocycles. The van der Waals surface area contributed by atoms with E-state index in [1.807, 2.05) is 0 Å². The summed E-state index contributed by atoms with van der Waals surface area (Å²) in [5, 5.41) is 10.7. The van der Waals surface area contributed by atoms with Crippen LogP contribution in [0.25, 0.3) is 22.8 Å². The average molecular weight is 535 g/mol. The minimum Gasteiger partial charge on any atom is -0.341 e. The first-order valence-corrected chi connectivity index (χ1v) is 12.1. The van der Waals surface area contributed by atoms with Crippen LogP contribution >= 0.6 is 11.3 Å². The normalized spacial score (nSPS) is 14.8. The van der Waals surface area contributed by atoms with Crippen LogP contribution in [0, 0.1) is 11.6 Å². The molecular formula is C24H19F5N6OS. The Hall–Kier alpha value is -3.74. The zero-order valence-electron chi connectivity index (χ0n) is 19.1. The highest BCUT2D eigenvalue weighted by Crippen LogP contribution is 2.36. The number of halogens is 5. The molecule has 0 radical (unpaired) electrons. The molecule has 0 unspecified atom stereocenters. The van der Waals surface area contributed by atoms with Crippen LogP contribution in [0.1, 0.15) is 28.8 Å². The van der Waals surface area contributed by atoms with Gasteiger partial charge in [-0.1, -0.05) is 11.3 Å². The molecule has 5 rings (SSSR count). The summed E-state index contributed by atoms with van der Waals surface area (Å²) in [4.78, 5) is 19.3. The Morgan fingerprint density at radius 2 is 1.51 bits per heavy atom. The van der Waals surface area contributed by atoms with Gasteiger partial charge < -0.3 is 4.90 Å². The number of rotatable bonds is 5. The first-order chi connectivity index (χ1) is 17.7. The Morgan fingerprint density at radius 3 is 2.08 bits per heavy atom. The van der Waals surface area contributed by atoms with Crippen LogP contribution in [0.5, 0.6) is 0 Å². The lowest BCUT2D eigenvalue weighted by molar-refractivity contribution is -0.138. The third-order valence-electron chi connectivity index (χ3n) is 6.04. The van der Waals surface area contributed by atoms with E-state index in [1.54, 1.807) is 4.90 Å². The summed E-state index contributed by atoms with van der Waals surface area (Å²) in [6.45, 7) is 0.536. The molecular weight excluding hydrogens is 515 g/mol. The number of nitrogens with zero attached hydrogens (tertiary/aromatic N) is 6. The van der Waals surface area contributed by atoms with E-state index in [-0.39, 0.29) is 24.2 Å². The largest absolute Gasteiger partial charge is 0.445 e. The van der Waals surface area contributed by atoms with Crippen LogP contribution in [0.2, 0.25) is 0 Å². The molecule has 0 spiro atoms. The zero-order valence-corrected chi connectivity index (χ0v) is 19.9. The smallest absolute Gasteiger partial charge is 0.341 e. The second-order valence-corrected chi connectivity index (χ2v) is 9.54. The maximum Gasteiger partial charge on any atom is 0.445 e. The molecule has 7 nitrogen and oxygen atoms in total. The van der Waals surface area contributed by atoms with E-state index in [9.17, 15) is 26.7 Å². The minimum absolute atomic E-state index is 0.150. The van der Waals surface area contributed by atoms with Gasteiger partial charge in [0.05, 0.1) is 0 Å². The Labute approximate surface area is 211 Å². The number of amides is 1. The quantitative estimate of drug-likeness (QED) is 0.331. The van der Waals surface area contributed by atoms with Gasteiger partial charge in [-0.2, -0.15) is 13.2 Å². The molecule has 2 aromatic heterocycles. The SMILES string of the molecule is O=C(Cn1nc(-c2ccc(F)cc2)nc1-c1ccc(F)cc1)N1CCC(c2nnc(C(F)(F)F)s2)CC1. The fraction of sp³-hybridized carbons (Fsp3) is 0.292. The summed E-state index contributed by atoms with van der Waals surface area (Å²) < 4.78 is 66.8. The van der Waals surface area contributed by atoms with E-state index >= 15 is 0 Å². The first kappa shape index (κ1) is 24.9. The van der Waals surface area contributed by atoms with Crippen LogP contribution in [0.15, 0.2) is 48.5 Å². The number of likely N-dealkylation sites (tertiary alicyclic amines) is 1. The molecule has 0 saturated carbocycles. The van der Waals surface area contributed by atoms with Gasteiger partial charge in [-0.15, -0.1) is 15.3 Å². The van der Waals surface area contributed by atoms with E-state index in [0.29, 0.717) is 59.2 Å². The molecule has 3 heterocycles. The highest BCUT2D eigenvalue weighted by Gasteiger charge is 2.37. The number of hydrogen-bond donors (Lipinski definition) is 0. The molecule has 0 aliphatic carbocycles. The second-order valence-electron chi connectivity index (χ2n) is 8.53. The van der Waals surface area contributed by atoms with Crippen molar-refractivity contribution < 1.29 is 26.7 Å². The van der Waals surface area contributed by atoms with Crippen LogP contribution < -0.4 is 0 Å². The summed E-state index contributed by atoms with van der Waals surface area (Å²) in [6, 6.07) is 11.2. The van der Waals surface area contributed by atoms with E-state index < -0.39 is 22.8 Å². The number of carbonyl (C=O) groups excluding carboxylic acids is 1. The number of aromatic nitrogens is 5. The Kier molecular flexibility index (Phi) is 6.71. The molecule has 1 aliphatic rings. The Balaban J connectivity index is 1.32. The van der Waals surface area contributed by atoms with Crippen LogP contribution in [-0.2, 0) is 17.5 Å². The molecule has 4 aromatic rings. The third-order valence-corrected chi connectivity index (χ3v) is 7.17. The number of benzene rings is 2. The average Bonchev–Trinajstić information content (AvgIpc) is 3.53. The summed E-state index contributed by atoms with van der Waals surface area (Å²) >= 11 is 0.537. The number of alkyl halides is 3. The lowest BCUT2D eigenvalue weighted by Crippen LogP contribution is -2.40. The van der Waals surface area contributed by atoms with Crippen molar-refractivity contribution in [1.29, 1.82) is 0 Å². The molecule has 2 aromatic carbocycles. The first-order valence-electron chi connectivity index (χ1n) is 11.3. The van der Waals surface area contributed by atoms with Gasteiger partial charge in [0.2, 0.25) is 10.9 Å². The van der Waals surface area contributed by atoms with Crippen molar-refractivity contribution in [1.82, 2.24) is 29.9 Å². The fourth-order valence-electron chi connectivity index (χ4n) is 4.10. The van der Waals surface area contributed by atoms with Crippen LogP contribution in [0.4, 0.5) is 22.0 Å². The molecule has 1 aliphatic heterocycles. The highest BCUT2D eigenvalue weighted by molar-refractivity contribution is 7.11. The molecule has 0 N–H and O–H groups in total. The molecule has 37 heavy (non-hydrogen) atoms. The molecule has 0 bridgehead atoms. The van der Waals surface area contributed by atoms with Crippen molar-refractivity contribution in [3.63, 3.8) is 0 Å². The zero-order chi connectivity index (χ0) is 26.2. The minimum atomic E-state index is -4.53. The van der Waals surface area contributed by atoms with Crippen molar-refractivity contribution in [2.75, 3.05) is 13.1 Å². The lowest BCUT2D eigenvalue weighted by atomic mass is 9.97. The summed E-state index contributed by atoms with van der Waals surface area (Å²) in [6.07, 6.45) is -3.61. The topological polar surface area (TPSA) is 76.8 Å². The van der Waals surface area contributed by atoms with Crippen molar-refractivity contribution >= 4 is 17.2 Å². The summed E-state index contributed by atoms with van der Waals surface area (Å²) in [7, 11) is 0. The van der Waals surface area contributed by atoms with Crippen LogP contribution in [0.3, 0.4) is 0 Å². The van der Waals surface area contributed by atoms with Gasteiger partial charge in [0, 0.05) is 30.1 Å². The van der Waals surface area contributed by atoms with E-state index in [1.165, 1.54) is 53.2 Å². The highest BCUT2D eigenvalue weighted by atomic mass is 32.1. The summed E-state index contributed by atoms with van der Waals surface area (Å²) in [5.41, 5.74) is 1.09. The number of carbonyl (C=O) groups is 1. The summed E-state index contributed by atoms with van der Waals surface area (Å²) in [5.74, 6) is -0.665. The Morgan fingerprint density at radius 1 is 0.919 bits per heavy atom. The lowest BCUT2D eigenvalue weighted by Gasteiger charge is -2.31. The van der Waals surface area contributed by atoms with Gasteiger partial charge in [-0.25, -0.2) is 18.4 Å². The van der Waals surface area contributed by atoms with Crippen molar-refractivity contribution in [2.45, 2.75) is 31.5 Å². The van der Waals surface area contributed by atoms with Gasteiger partial charge in [-0.3, -0.25) is 4.79 Å². The van der Waals surface area contributed by atoms with E-state index in [2.05, 4.69) is 20.3 Å². The molecule has 1 fully saturated rings. The fourth-order valence-corrected chi connectivity index (χ4v) is 4.98. The van der Waals surface area contributed by atoms with Crippen molar-refractivity contribution in [2.24, 2.45) is 0 Å². The van der Waals surface area contributed by atoms with Gasteiger partial charge in [-0.05, 0) is 61.4 Å². The monoisotopic (exact) mass is 534 g/mol. The van der Waals surface area contributed by atoms with E-state index in [0.717, 1.165) is 0 Å². The van der Waals surface area contributed by atoms with Crippen molar-refractivity contribution in [3.8, 4) is 22.8 Å². The van der Waals surface area contributed by atoms with Gasteiger partial charge in [0.15, 0.2) is 11.6 Å². The maximum atomic E-state index is 13.5. The number of piperidine rings is 1. The standard InChI is InChI=1S/C24H19F5N6OS/c25-17-5-1-14(2-6-17)20-30-21(15-3-7-18(26)8-4-15)35(33-20)13-19(36)34-11-9-16(10-12-34)22-31-32-23(37-22)24(27,28)29/h1-8,16H,9-13H2. The van der Waals surface area contributed by atoms with Gasteiger partial charge in [0.1, 0.15) is 23.2 Å². The van der Waals surface area contributed by atoms with Gasteiger partial charge in [0.25, 0.3) is 0 Å². The predicted octanol–water partition coefficient (Wildman–Crippen LogP) is 5.17. The van der Waals surface area contributed by atoms with E-state index in [4.69, 9.17) is 0 Å². The van der Waals surface area contributed by atoms with Gasteiger partial charge >= 0.3 is 6.18 Å². The molecule has 192 valence electrons. The number of hydrogen-bond acceptors (Lipinski definition) is 6. The van der Waals surface area contributed by atoms with Crippen molar-refractivity contribution in [3.05, 3.63) is 70.2 Å². The predicted molar refractivity (Wildman–Crippen MR) is 124 cm³/mol.